The van der Waals surface area contributed by atoms with Gasteiger partial charge < -0.3 is 24.8 Å². The van der Waals surface area contributed by atoms with E-state index in [1.807, 2.05) is 0 Å². The summed E-state index contributed by atoms with van der Waals surface area (Å²) >= 11 is 0. The summed E-state index contributed by atoms with van der Waals surface area (Å²) in [7, 11) is 0. The predicted molar refractivity (Wildman–Crippen MR) is 60.4 cm³/mol. The molecule has 17 heavy (non-hydrogen) atoms. The lowest BCUT2D eigenvalue weighted by Crippen LogP contribution is -1.73. The van der Waals surface area contributed by atoms with Crippen molar-refractivity contribution in [1.29, 1.82) is 0 Å². The number of phenols is 4. The van der Waals surface area contributed by atoms with Crippen molar-refractivity contribution in [1.82, 2.24) is 0 Å². The van der Waals surface area contributed by atoms with Crippen LogP contribution in [0, 0.1) is 0 Å². The van der Waals surface area contributed by atoms with E-state index in [9.17, 15) is 20.4 Å². The van der Waals surface area contributed by atoms with Crippen LogP contribution in [-0.4, -0.2) is 20.4 Å². The second kappa shape index (κ2) is 2.98. The lowest BCUT2D eigenvalue weighted by Gasteiger charge is -2.00. The van der Waals surface area contributed by atoms with Crippen LogP contribution < -0.4 is 0 Å². The lowest BCUT2D eigenvalue weighted by molar-refractivity contribution is 0.367. The van der Waals surface area contributed by atoms with Gasteiger partial charge in [-0.1, -0.05) is 6.07 Å². The maximum absolute atomic E-state index is 9.72. The van der Waals surface area contributed by atoms with E-state index in [1.165, 1.54) is 12.1 Å². The molecule has 5 nitrogen and oxygen atoms in total. The average Bonchev–Trinajstić information content (AvgIpc) is 2.66. The zero-order valence-electron chi connectivity index (χ0n) is 8.51. The van der Waals surface area contributed by atoms with Crippen molar-refractivity contribution < 1.29 is 24.8 Å². The molecule has 5 heteroatoms. The molecule has 0 fully saturated rings. The minimum Gasteiger partial charge on any atom is -0.507 e. The van der Waals surface area contributed by atoms with Crippen LogP contribution in [0.15, 0.2) is 28.7 Å². The largest absolute Gasteiger partial charge is 0.507 e. The molecule has 0 saturated heterocycles. The summed E-state index contributed by atoms with van der Waals surface area (Å²) in [5, 5.41) is 38.9. The van der Waals surface area contributed by atoms with Gasteiger partial charge in [-0.05, 0) is 18.2 Å². The summed E-state index contributed by atoms with van der Waals surface area (Å²) < 4.78 is 5.32. The van der Waals surface area contributed by atoms with Gasteiger partial charge in [0.05, 0.1) is 5.39 Å². The van der Waals surface area contributed by atoms with E-state index in [0.29, 0.717) is 16.4 Å². The van der Waals surface area contributed by atoms with Crippen LogP contribution in [0.1, 0.15) is 0 Å². The Kier molecular flexibility index (Phi) is 1.69. The van der Waals surface area contributed by atoms with E-state index in [1.54, 1.807) is 12.1 Å². The van der Waals surface area contributed by atoms with Gasteiger partial charge in [0.15, 0.2) is 11.3 Å². The number of rotatable bonds is 0. The highest BCUT2D eigenvalue weighted by Gasteiger charge is 2.19. The molecule has 0 unspecified atom stereocenters. The Morgan fingerprint density at radius 2 is 1.65 bits per heavy atom. The topological polar surface area (TPSA) is 94.1 Å². The number of hydrogen-bond acceptors (Lipinski definition) is 5. The Morgan fingerprint density at radius 3 is 2.41 bits per heavy atom. The van der Waals surface area contributed by atoms with Crippen molar-refractivity contribution in [3.8, 4) is 23.0 Å². The fourth-order valence-corrected chi connectivity index (χ4v) is 1.90. The molecular weight excluding hydrogens is 224 g/mol. The first-order valence-electron chi connectivity index (χ1n) is 4.87. The van der Waals surface area contributed by atoms with Crippen LogP contribution >= 0.6 is 0 Å². The van der Waals surface area contributed by atoms with Crippen LogP contribution in [0.5, 0.6) is 23.0 Å². The number of furan rings is 1. The molecule has 1 aromatic heterocycles. The quantitative estimate of drug-likeness (QED) is 0.446. The Hall–Kier alpha value is -2.56. The molecule has 0 aliphatic heterocycles. The van der Waals surface area contributed by atoms with E-state index in [2.05, 4.69) is 0 Å². The molecule has 0 atom stereocenters. The zero-order chi connectivity index (χ0) is 12.2. The third kappa shape index (κ3) is 1.13. The van der Waals surface area contributed by atoms with Crippen LogP contribution in [0.25, 0.3) is 21.9 Å². The van der Waals surface area contributed by atoms with Crippen molar-refractivity contribution in [3.63, 3.8) is 0 Å². The van der Waals surface area contributed by atoms with Gasteiger partial charge in [-0.3, -0.25) is 0 Å². The van der Waals surface area contributed by atoms with Crippen molar-refractivity contribution in [2.24, 2.45) is 0 Å². The van der Waals surface area contributed by atoms with Gasteiger partial charge in [-0.2, -0.15) is 0 Å². The average molecular weight is 232 g/mol. The Balaban J connectivity index is 2.63. The fraction of sp³-hybridized carbons (Fsp3) is 0. The number of aromatic hydroxyl groups is 4. The van der Waals surface area contributed by atoms with Gasteiger partial charge in [-0.15, -0.1) is 0 Å². The van der Waals surface area contributed by atoms with Crippen LogP contribution in [0.3, 0.4) is 0 Å². The third-order valence-corrected chi connectivity index (χ3v) is 2.69. The van der Waals surface area contributed by atoms with E-state index < -0.39 is 17.2 Å². The number of benzene rings is 2. The molecule has 0 saturated carbocycles. The van der Waals surface area contributed by atoms with Gasteiger partial charge in [0.1, 0.15) is 11.3 Å². The molecule has 2 aromatic carbocycles. The van der Waals surface area contributed by atoms with Crippen LogP contribution in [-0.2, 0) is 0 Å². The zero-order valence-corrected chi connectivity index (χ0v) is 8.51. The van der Waals surface area contributed by atoms with Gasteiger partial charge in [0.2, 0.25) is 11.5 Å². The summed E-state index contributed by atoms with van der Waals surface area (Å²) in [6.45, 7) is 0. The van der Waals surface area contributed by atoms with Gasteiger partial charge in [0.25, 0.3) is 0 Å². The van der Waals surface area contributed by atoms with E-state index in [0.717, 1.165) is 0 Å². The Labute approximate surface area is 94.8 Å². The highest BCUT2D eigenvalue weighted by Crippen LogP contribution is 2.46. The van der Waals surface area contributed by atoms with Gasteiger partial charge >= 0.3 is 0 Å². The van der Waals surface area contributed by atoms with Gasteiger partial charge in [-0.25, -0.2) is 0 Å². The van der Waals surface area contributed by atoms with Crippen LogP contribution in [0.4, 0.5) is 0 Å². The molecule has 0 radical (unpaired) electrons. The molecule has 0 aliphatic rings. The van der Waals surface area contributed by atoms with E-state index >= 15 is 0 Å². The number of fused-ring (bicyclic) bond motifs is 3. The molecule has 3 aromatic rings. The molecule has 1 heterocycles. The Morgan fingerprint density at radius 1 is 0.882 bits per heavy atom. The first-order valence-corrected chi connectivity index (χ1v) is 4.87. The summed E-state index contributed by atoms with van der Waals surface area (Å²) in [4.78, 5) is 0. The molecule has 0 spiro atoms. The highest BCUT2D eigenvalue weighted by atomic mass is 16.4. The summed E-state index contributed by atoms with van der Waals surface area (Å²) in [5.74, 6) is -1.68. The fourth-order valence-electron chi connectivity index (χ4n) is 1.90. The molecular formula is C12H8O5. The molecule has 0 aliphatic carbocycles. The SMILES string of the molecule is Oc1cc2c(oc3cccc(O)c32)c(O)c1O. The van der Waals surface area contributed by atoms with Crippen LogP contribution in [0.2, 0.25) is 0 Å². The smallest absolute Gasteiger partial charge is 0.205 e. The van der Waals surface area contributed by atoms with Crippen molar-refractivity contribution >= 4 is 21.9 Å². The van der Waals surface area contributed by atoms with Crippen molar-refractivity contribution in [2.75, 3.05) is 0 Å². The highest BCUT2D eigenvalue weighted by molar-refractivity contribution is 6.11. The maximum Gasteiger partial charge on any atom is 0.205 e. The standard InChI is InChI=1S/C12H8O5/c13-6-2-1-3-8-9(6)5-4-7(14)10(15)11(16)12(5)17-8/h1-4,13-16H. The molecule has 0 bridgehead atoms. The Bertz CT molecular complexity index is 742. The summed E-state index contributed by atoms with van der Waals surface area (Å²) in [6, 6.07) is 5.91. The molecule has 0 amide bonds. The minimum absolute atomic E-state index is 0.0225. The summed E-state index contributed by atoms with van der Waals surface area (Å²) in [5.41, 5.74) is 0.386. The van der Waals surface area contributed by atoms with E-state index in [4.69, 9.17) is 4.42 Å². The maximum atomic E-state index is 9.72. The lowest BCUT2D eigenvalue weighted by atomic mass is 10.1. The second-order valence-electron chi connectivity index (χ2n) is 3.72. The first kappa shape index (κ1) is 9.65. The minimum atomic E-state index is -0.643. The monoisotopic (exact) mass is 232 g/mol. The van der Waals surface area contributed by atoms with E-state index in [-0.39, 0.29) is 11.3 Å². The molecule has 3 rings (SSSR count). The second-order valence-corrected chi connectivity index (χ2v) is 3.72. The third-order valence-electron chi connectivity index (χ3n) is 2.69. The van der Waals surface area contributed by atoms with Gasteiger partial charge in [0, 0.05) is 5.39 Å². The normalized spacial score (nSPS) is 11.3. The van der Waals surface area contributed by atoms with Crippen molar-refractivity contribution in [3.05, 3.63) is 24.3 Å². The number of phenolic OH excluding ortho intramolecular Hbond substituents is 4. The molecule has 4 N–H and O–H groups in total. The molecule has 86 valence electrons. The van der Waals surface area contributed by atoms with Crippen molar-refractivity contribution in [2.45, 2.75) is 0 Å². The predicted octanol–water partition coefficient (Wildman–Crippen LogP) is 2.41. The number of hydrogen-bond donors (Lipinski definition) is 4. The first-order chi connectivity index (χ1) is 8.09. The summed E-state index contributed by atoms with van der Waals surface area (Å²) in [6.07, 6.45) is 0.